The number of aliphatic hydroxyl groups excluding tert-OH is 1. The second-order valence-electron chi connectivity index (χ2n) is 7.78. The molecule has 0 bridgehead atoms. The minimum atomic E-state index is -1.04. The summed E-state index contributed by atoms with van der Waals surface area (Å²) < 4.78 is 15.8. The maximum atomic E-state index is 13.4. The molecule has 1 aromatic heterocycles. The number of ketones is 1. The van der Waals surface area contributed by atoms with Gasteiger partial charge in [0.2, 0.25) is 0 Å². The van der Waals surface area contributed by atoms with Crippen LogP contribution in [0.15, 0.2) is 54.1 Å². The monoisotopic (exact) mass is 508 g/mol. The number of rotatable bonds is 7. The van der Waals surface area contributed by atoms with Gasteiger partial charge in [0.15, 0.2) is 16.6 Å². The molecular formula is C26H24N2O7S. The summed E-state index contributed by atoms with van der Waals surface area (Å²) in [5, 5.41) is 11.3. The summed E-state index contributed by atoms with van der Waals surface area (Å²) in [6.45, 7) is 3.49. The highest BCUT2D eigenvalue weighted by atomic mass is 32.1. The Bertz CT molecular complexity index is 1360. The number of aromatic nitrogens is 1. The van der Waals surface area contributed by atoms with Crippen molar-refractivity contribution in [1.82, 2.24) is 4.98 Å². The quantitative estimate of drug-likeness (QED) is 0.218. The molecule has 36 heavy (non-hydrogen) atoms. The molecule has 4 rings (SSSR count). The molecule has 1 N–H and O–H groups in total. The number of aliphatic hydroxyl groups is 1. The molecule has 10 heteroatoms. The number of ether oxygens (including phenoxy) is 3. The van der Waals surface area contributed by atoms with Crippen molar-refractivity contribution >= 4 is 39.9 Å². The highest BCUT2D eigenvalue weighted by Crippen LogP contribution is 2.45. The van der Waals surface area contributed by atoms with Crippen LogP contribution in [-0.2, 0) is 14.3 Å². The number of hydrogen-bond donors (Lipinski definition) is 1. The zero-order valence-electron chi connectivity index (χ0n) is 20.1. The first-order chi connectivity index (χ1) is 17.3. The van der Waals surface area contributed by atoms with Crippen LogP contribution in [0.2, 0.25) is 0 Å². The first-order valence-electron chi connectivity index (χ1n) is 11.0. The van der Waals surface area contributed by atoms with Gasteiger partial charge in [-0.25, -0.2) is 9.78 Å². The van der Waals surface area contributed by atoms with Gasteiger partial charge in [0.05, 0.1) is 38.1 Å². The second-order valence-corrected chi connectivity index (χ2v) is 8.76. The molecule has 0 aliphatic carbocycles. The maximum Gasteiger partial charge on any atom is 0.350 e. The summed E-state index contributed by atoms with van der Waals surface area (Å²) in [7, 11) is 2.96. The Morgan fingerprint density at radius 3 is 2.42 bits per heavy atom. The SMILES string of the molecule is CCOC(=O)c1sc(N2C(=O)C(=O)C(=C(O)c3ccccc3)[C@@H]2c2ccc(OC)c(OC)c2)nc1C. The van der Waals surface area contributed by atoms with E-state index in [1.165, 1.54) is 19.1 Å². The Morgan fingerprint density at radius 2 is 1.78 bits per heavy atom. The molecule has 0 spiro atoms. The van der Waals surface area contributed by atoms with Gasteiger partial charge < -0.3 is 19.3 Å². The molecule has 186 valence electrons. The van der Waals surface area contributed by atoms with Gasteiger partial charge in [0, 0.05) is 5.56 Å². The molecule has 1 aliphatic heterocycles. The Morgan fingerprint density at radius 1 is 1.08 bits per heavy atom. The summed E-state index contributed by atoms with van der Waals surface area (Å²) in [5.41, 5.74) is 1.12. The van der Waals surface area contributed by atoms with Crippen molar-refractivity contribution in [2.24, 2.45) is 0 Å². The van der Waals surface area contributed by atoms with Crippen molar-refractivity contribution in [1.29, 1.82) is 0 Å². The molecule has 1 amide bonds. The van der Waals surface area contributed by atoms with Gasteiger partial charge in [0.25, 0.3) is 5.78 Å². The lowest BCUT2D eigenvalue weighted by molar-refractivity contribution is -0.132. The van der Waals surface area contributed by atoms with E-state index in [1.54, 1.807) is 62.4 Å². The van der Waals surface area contributed by atoms with Crippen LogP contribution in [0.25, 0.3) is 5.76 Å². The Kier molecular flexibility index (Phi) is 7.07. The minimum Gasteiger partial charge on any atom is -0.507 e. The number of thiazole rings is 1. The number of Topliss-reactive ketones (excluding diaryl/α,β-unsaturated/α-hetero) is 1. The molecule has 1 fully saturated rings. The number of hydrogen-bond acceptors (Lipinski definition) is 9. The van der Waals surface area contributed by atoms with E-state index in [0.717, 1.165) is 11.3 Å². The van der Waals surface area contributed by atoms with Crippen molar-refractivity contribution in [2.45, 2.75) is 19.9 Å². The topological polar surface area (TPSA) is 115 Å². The molecule has 3 aromatic rings. The largest absolute Gasteiger partial charge is 0.507 e. The summed E-state index contributed by atoms with van der Waals surface area (Å²) in [4.78, 5) is 44.9. The molecule has 2 heterocycles. The van der Waals surface area contributed by atoms with Crippen LogP contribution in [0.5, 0.6) is 11.5 Å². The first-order valence-corrected chi connectivity index (χ1v) is 11.9. The lowest BCUT2D eigenvalue weighted by Crippen LogP contribution is -2.29. The number of esters is 1. The fourth-order valence-corrected chi connectivity index (χ4v) is 4.98. The van der Waals surface area contributed by atoms with Crippen LogP contribution >= 0.6 is 11.3 Å². The summed E-state index contributed by atoms with van der Waals surface area (Å²) in [6.07, 6.45) is 0. The van der Waals surface area contributed by atoms with Gasteiger partial charge in [-0.3, -0.25) is 14.5 Å². The van der Waals surface area contributed by atoms with Gasteiger partial charge in [0.1, 0.15) is 10.6 Å². The first kappa shape index (κ1) is 24.9. The van der Waals surface area contributed by atoms with E-state index in [1.807, 2.05) is 0 Å². The van der Waals surface area contributed by atoms with Gasteiger partial charge in [-0.2, -0.15) is 0 Å². The average molecular weight is 509 g/mol. The van der Waals surface area contributed by atoms with Crippen LogP contribution < -0.4 is 14.4 Å². The number of amides is 1. The van der Waals surface area contributed by atoms with Gasteiger partial charge in [-0.15, -0.1) is 0 Å². The molecule has 1 atom stereocenters. The van der Waals surface area contributed by atoms with E-state index in [4.69, 9.17) is 14.2 Å². The maximum absolute atomic E-state index is 13.4. The Labute approximate surface area is 211 Å². The second kappa shape index (κ2) is 10.2. The molecule has 9 nitrogen and oxygen atoms in total. The van der Waals surface area contributed by atoms with Crippen LogP contribution in [0, 0.1) is 6.92 Å². The smallest absolute Gasteiger partial charge is 0.350 e. The van der Waals surface area contributed by atoms with Crippen molar-refractivity contribution in [3.05, 3.63) is 75.8 Å². The van der Waals surface area contributed by atoms with Crippen LogP contribution in [0.3, 0.4) is 0 Å². The Balaban J connectivity index is 1.94. The zero-order chi connectivity index (χ0) is 26.0. The van der Waals surface area contributed by atoms with Crippen molar-refractivity contribution in [3.63, 3.8) is 0 Å². The number of anilines is 1. The molecule has 1 saturated heterocycles. The van der Waals surface area contributed by atoms with Crippen molar-refractivity contribution < 1.29 is 33.7 Å². The molecular weight excluding hydrogens is 484 g/mol. The van der Waals surface area contributed by atoms with Crippen LogP contribution in [-0.4, -0.2) is 48.6 Å². The Hall–Kier alpha value is -4.18. The minimum absolute atomic E-state index is 0.107. The highest BCUT2D eigenvalue weighted by Gasteiger charge is 2.48. The molecule has 2 aromatic carbocycles. The van der Waals surface area contributed by atoms with E-state index in [-0.39, 0.29) is 27.9 Å². The third kappa shape index (κ3) is 4.31. The summed E-state index contributed by atoms with van der Waals surface area (Å²) in [5.74, 6) is -1.81. The standard InChI is InChI=1S/C26H24N2O7S/c1-5-35-25(32)23-14(2)27-26(36-23)28-20(16-11-12-17(33-3)18(13-16)34-4)19(22(30)24(28)31)21(29)15-9-7-6-8-10-15/h6-13,20,29H,5H2,1-4H3/t20-/m0/s1. The lowest BCUT2D eigenvalue weighted by atomic mass is 9.95. The average Bonchev–Trinajstić information content (AvgIpc) is 3.40. The molecule has 0 radical (unpaired) electrons. The van der Waals surface area contributed by atoms with E-state index >= 15 is 0 Å². The van der Waals surface area contributed by atoms with Crippen molar-refractivity contribution in [3.8, 4) is 11.5 Å². The van der Waals surface area contributed by atoms with E-state index in [2.05, 4.69) is 4.98 Å². The van der Waals surface area contributed by atoms with Crippen LogP contribution in [0.4, 0.5) is 5.13 Å². The fourth-order valence-electron chi connectivity index (χ4n) is 3.99. The van der Waals surface area contributed by atoms with Gasteiger partial charge in [-0.05, 0) is 31.5 Å². The lowest BCUT2D eigenvalue weighted by Gasteiger charge is -2.23. The number of carbonyl (C=O) groups excluding carboxylic acids is 3. The highest BCUT2D eigenvalue weighted by molar-refractivity contribution is 7.17. The zero-order valence-corrected chi connectivity index (χ0v) is 20.9. The number of carbonyl (C=O) groups is 3. The molecule has 0 saturated carbocycles. The predicted molar refractivity (Wildman–Crippen MR) is 134 cm³/mol. The van der Waals surface area contributed by atoms with E-state index < -0.39 is 23.7 Å². The third-order valence-corrected chi connectivity index (χ3v) is 6.80. The number of aryl methyl sites for hydroxylation is 1. The van der Waals surface area contributed by atoms with Crippen LogP contribution in [0.1, 0.15) is 39.5 Å². The number of benzene rings is 2. The summed E-state index contributed by atoms with van der Waals surface area (Å²) >= 11 is 0.943. The normalized spacial score (nSPS) is 16.8. The van der Waals surface area contributed by atoms with Crippen molar-refractivity contribution in [2.75, 3.05) is 25.7 Å². The fraction of sp³-hybridized carbons (Fsp3) is 0.231. The van der Waals surface area contributed by atoms with E-state index in [0.29, 0.717) is 28.3 Å². The molecule has 1 aliphatic rings. The predicted octanol–water partition coefficient (Wildman–Crippen LogP) is 4.27. The number of methoxy groups -OCH3 is 2. The molecule has 0 unspecified atom stereocenters. The van der Waals surface area contributed by atoms with Gasteiger partial charge >= 0.3 is 11.9 Å². The van der Waals surface area contributed by atoms with Gasteiger partial charge in [-0.1, -0.05) is 47.7 Å². The number of nitrogens with zero attached hydrogens (tertiary/aromatic N) is 2. The van der Waals surface area contributed by atoms with E-state index in [9.17, 15) is 19.5 Å². The summed E-state index contributed by atoms with van der Waals surface area (Å²) in [6, 6.07) is 12.4. The third-order valence-electron chi connectivity index (χ3n) is 5.67.